The van der Waals surface area contributed by atoms with E-state index in [1.807, 2.05) is 45.9 Å². The van der Waals surface area contributed by atoms with E-state index in [0.717, 1.165) is 4.47 Å². The zero-order valence-electron chi connectivity index (χ0n) is 17.6. The molecule has 0 radical (unpaired) electrons. The van der Waals surface area contributed by atoms with E-state index < -0.39 is 17.9 Å². The molecule has 6 nitrogen and oxygen atoms in total. The van der Waals surface area contributed by atoms with Crippen LogP contribution in [0.15, 0.2) is 46.0 Å². The van der Waals surface area contributed by atoms with Crippen LogP contribution < -0.4 is 15.5 Å². The third-order valence-electron chi connectivity index (χ3n) is 4.13. The van der Waals surface area contributed by atoms with Gasteiger partial charge in [0.15, 0.2) is 0 Å². The van der Waals surface area contributed by atoms with Gasteiger partial charge in [-0.05, 0) is 56.2 Å². The van der Waals surface area contributed by atoms with Crippen molar-refractivity contribution in [2.24, 2.45) is 11.0 Å². The van der Waals surface area contributed by atoms with Crippen molar-refractivity contribution in [3.63, 3.8) is 0 Å². The normalized spacial score (nSPS) is 12.3. The number of halogens is 3. The van der Waals surface area contributed by atoms with Gasteiger partial charge < -0.3 is 10.1 Å². The summed E-state index contributed by atoms with van der Waals surface area (Å²) >= 11 is 15.3. The Kier molecular flexibility index (Phi) is 9.34. The van der Waals surface area contributed by atoms with Crippen molar-refractivity contribution >= 4 is 57.2 Å². The van der Waals surface area contributed by atoms with Gasteiger partial charge in [-0.2, -0.15) is 5.10 Å². The number of nitrogens with one attached hydrogen (secondary N) is 2. The second-order valence-corrected chi connectivity index (χ2v) is 9.14. The minimum absolute atomic E-state index is 0.00942. The molecule has 0 heterocycles. The van der Waals surface area contributed by atoms with Crippen molar-refractivity contribution in [3.8, 4) is 5.75 Å². The van der Waals surface area contributed by atoms with Gasteiger partial charge in [0.1, 0.15) is 11.8 Å². The Bertz CT molecular complexity index is 980. The Morgan fingerprint density at radius 1 is 1.06 bits per heavy atom. The molecule has 0 spiro atoms. The summed E-state index contributed by atoms with van der Waals surface area (Å²) in [6.07, 6.45) is 1.49. The molecular weight excluding hydrogens is 505 g/mol. The summed E-state index contributed by atoms with van der Waals surface area (Å²) in [6, 6.07) is 9.24. The zero-order valence-corrected chi connectivity index (χ0v) is 20.7. The molecule has 0 saturated carbocycles. The molecule has 0 fully saturated rings. The molecule has 0 aliphatic rings. The average molecular weight is 529 g/mol. The first-order valence-corrected chi connectivity index (χ1v) is 11.2. The van der Waals surface area contributed by atoms with Gasteiger partial charge in [-0.1, -0.05) is 53.0 Å². The molecule has 2 N–H and O–H groups in total. The van der Waals surface area contributed by atoms with E-state index in [1.165, 1.54) is 18.3 Å². The van der Waals surface area contributed by atoms with Crippen molar-refractivity contribution in [3.05, 3.63) is 62.0 Å². The number of amides is 2. The van der Waals surface area contributed by atoms with Gasteiger partial charge in [0, 0.05) is 15.6 Å². The molecule has 0 aliphatic carbocycles. The highest BCUT2D eigenvalue weighted by Crippen LogP contribution is 2.23. The van der Waals surface area contributed by atoms with Crippen LogP contribution in [-0.2, 0) is 4.79 Å². The molecule has 0 aliphatic heterocycles. The maximum atomic E-state index is 12.7. The van der Waals surface area contributed by atoms with Crippen LogP contribution >= 0.6 is 39.1 Å². The first kappa shape index (κ1) is 25.2. The number of carbonyl (C=O) groups excluding carboxylic acids is 2. The summed E-state index contributed by atoms with van der Waals surface area (Å²) in [7, 11) is 0. The van der Waals surface area contributed by atoms with Gasteiger partial charge in [0.05, 0.1) is 22.4 Å². The van der Waals surface area contributed by atoms with Gasteiger partial charge in [-0.3, -0.25) is 9.59 Å². The van der Waals surface area contributed by atoms with E-state index in [1.54, 1.807) is 6.07 Å². The van der Waals surface area contributed by atoms with E-state index in [0.29, 0.717) is 21.9 Å². The second kappa shape index (κ2) is 11.5. The highest BCUT2D eigenvalue weighted by molar-refractivity contribution is 9.10. The van der Waals surface area contributed by atoms with Crippen molar-refractivity contribution < 1.29 is 14.3 Å². The first-order chi connectivity index (χ1) is 14.6. The number of hydrogen-bond acceptors (Lipinski definition) is 4. The molecule has 2 aromatic rings. The third kappa shape index (κ3) is 7.52. The lowest BCUT2D eigenvalue weighted by atomic mass is 10.0. The summed E-state index contributed by atoms with van der Waals surface area (Å²) in [4.78, 5) is 25.2. The maximum Gasteiger partial charge on any atom is 0.262 e. The van der Waals surface area contributed by atoms with Crippen LogP contribution in [0.2, 0.25) is 10.0 Å². The number of benzene rings is 2. The molecule has 2 aromatic carbocycles. The fourth-order valence-electron chi connectivity index (χ4n) is 2.61. The van der Waals surface area contributed by atoms with Gasteiger partial charge in [0.25, 0.3) is 11.8 Å². The highest BCUT2D eigenvalue weighted by atomic mass is 79.9. The molecule has 31 heavy (non-hydrogen) atoms. The Balaban J connectivity index is 2.10. The van der Waals surface area contributed by atoms with Crippen LogP contribution in [0.3, 0.4) is 0 Å². The van der Waals surface area contributed by atoms with Crippen LogP contribution in [0.4, 0.5) is 0 Å². The average Bonchev–Trinajstić information content (AvgIpc) is 2.69. The first-order valence-electron chi connectivity index (χ1n) is 9.63. The third-order valence-corrected chi connectivity index (χ3v) is 5.36. The van der Waals surface area contributed by atoms with Crippen LogP contribution in [0.5, 0.6) is 5.75 Å². The number of hydrazone groups is 1. The van der Waals surface area contributed by atoms with Crippen molar-refractivity contribution in [2.75, 3.05) is 0 Å². The van der Waals surface area contributed by atoms with Crippen LogP contribution in [0.25, 0.3) is 0 Å². The van der Waals surface area contributed by atoms with Crippen LogP contribution in [0.1, 0.15) is 43.6 Å². The fraction of sp³-hybridized carbons (Fsp3) is 0.318. The zero-order chi connectivity index (χ0) is 23.1. The molecule has 0 saturated heterocycles. The highest BCUT2D eigenvalue weighted by Gasteiger charge is 2.24. The minimum Gasteiger partial charge on any atom is -0.490 e. The summed E-state index contributed by atoms with van der Waals surface area (Å²) in [5, 5.41) is 7.37. The van der Waals surface area contributed by atoms with Gasteiger partial charge in [-0.25, -0.2) is 5.43 Å². The number of hydrogen-bond donors (Lipinski definition) is 2. The van der Waals surface area contributed by atoms with Gasteiger partial charge >= 0.3 is 0 Å². The largest absolute Gasteiger partial charge is 0.490 e. The quantitative estimate of drug-likeness (QED) is 0.353. The predicted molar refractivity (Wildman–Crippen MR) is 128 cm³/mol. The van der Waals surface area contributed by atoms with E-state index in [-0.39, 0.29) is 17.0 Å². The van der Waals surface area contributed by atoms with E-state index in [9.17, 15) is 9.59 Å². The lowest BCUT2D eigenvalue weighted by molar-refractivity contribution is -0.123. The number of carbonyl (C=O) groups is 2. The number of nitrogens with zero attached hydrogens (tertiary/aromatic N) is 1. The summed E-state index contributed by atoms with van der Waals surface area (Å²) in [5.41, 5.74) is 3.49. The standard InChI is InChI=1S/C22H24BrCl2N3O3/c1-12(2)20(27-21(29)14-5-7-17(24)18(25)10-14)22(30)28-26-11-15-9-16(23)6-8-19(15)31-13(3)4/h5-13,20H,1-4H3,(H,27,29)(H,28,30). The fourth-order valence-corrected chi connectivity index (χ4v) is 3.29. The van der Waals surface area contributed by atoms with Crippen LogP contribution in [0, 0.1) is 5.92 Å². The summed E-state index contributed by atoms with van der Waals surface area (Å²) in [6.45, 7) is 7.50. The molecule has 166 valence electrons. The lowest BCUT2D eigenvalue weighted by Gasteiger charge is -2.20. The van der Waals surface area contributed by atoms with Crippen LogP contribution in [-0.4, -0.2) is 30.2 Å². The Morgan fingerprint density at radius 2 is 1.77 bits per heavy atom. The van der Waals surface area contributed by atoms with Crippen molar-refractivity contribution in [2.45, 2.75) is 39.8 Å². The number of rotatable bonds is 8. The summed E-state index contributed by atoms with van der Waals surface area (Å²) in [5.74, 6) is -0.408. The predicted octanol–water partition coefficient (Wildman–Crippen LogP) is 5.45. The molecule has 0 bridgehead atoms. The second-order valence-electron chi connectivity index (χ2n) is 7.41. The van der Waals surface area contributed by atoms with Crippen molar-refractivity contribution in [1.82, 2.24) is 10.7 Å². The Morgan fingerprint density at radius 3 is 2.39 bits per heavy atom. The van der Waals surface area contributed by atoms with Gasteiger partial charge in [-0.15, -0.1) is 0 Å². The molecule has 1 unspecified atom stereocenters. The van der Waals surface area contributed by atoms with E-state index in [2.05, 4.69) is 31.8 Å². The smallest absolute Gasteiger partial charge is 0.262 e. The maximum absolute atomic E-state index is 12.7. The number of ether oxygens (including phenoxy) is 1. The molecule has 0 aromatic heterocycles. The SMILES string of the molecule is CC(C)Oc1ccc(Br)cc1C=NNC(=O)C(NC(=O)c1ccc(Cl)c(Cl)c1)C(C)C. The Hall–Kier alpha value is -2.09. The summed E-state index contributed by atoms with van der Waals surface area (Å²) < 4.78 is 6.61. The monoisotopic (exact) mass is 527 g/mol. The molecule has 2 amide bonds. The molecule has 2 rings (SSSR count). The topological polar surface area (TPSA) is 79.8 Å². The van der Waals surface area contributed by atoms with E-state index in [4.69, 9.17) is 27.9 Å². The minimum atomic E-state index is -0.798. The molecule has 1 atom stereocenters. The van der Waals surface area contributed by atoms with Crippen molar-refractivity contribution in [1.29, 1.82) is 0 Å². The molecule has 9 heteroatoms. The molecular formula is C22H24BrCl2N3O3. The van der Waals surface area contributed by atoms with E-state index >= 15 is 0 Å². The lowest BCUT2D eigenvalue weighted by Crippen LogP contribution is -2.48. The Labute approximate surface area is 200 Å². The van der Waals surface area contributed by atoms with Gasteiger partial charge in [0.2, 0.25) is 0 Å².